The van der Waals surface area contributed by atoms with Gasteiger partial charge < -0.3 is 14.7 Å². The summed E-state index contributed by atoms with van der Waals surface area (Å²) in [5.74, 6) is 2.37. The summed E-state index contributed by atoms with van der Waals surface area (Å²) in [7, 11) is 0. The molecule has 3 rings (SSSR count). The Morgan fingerprint density at radius 2 is 1.95 bits per heavy atom. The lowest BCUT2D eigenvalue weighted by Crippen LogP contribution is -2.37. The quantitative estimate of drug-likeness (QED) is 0.873. The molecule has 1 N–H and O–H groups in total. The molecule has 2 fully saturated rings. The lowest BCUT2D eigenvalue weighted by Gasteiger charge is -2.24. The largest absolute Gasteiger partial charge is 0.338 e. The SMILES string of the molecule is CCNC(Cc1nc(N2CCCCC2)no1)C1CCCC1. The number of anilines is 1. The molecule has 1 aromatic heterocycles. The highest BCUT2D eigenvalue weighted by Crippen LogP contribution is 2.29. The van der Waals surface area contributed by atoms with Crippen LogP contribution in [-0.4, -0.2) is 35.8 Å². The van der Waals surface area contributed by atoms with E-state index in [2.05, 4.69) is 27.3 Å². The molecular weight excluding hydrogens is 264 g/mol. The number of nitrogens with one attached hydrogen (secondary N) is 1. The monoisotopic (exact) mass is 292 g/mol. The highest BCUT2D eigenvalue weighted by atomic mass is 16.5. The van der Waals surface area contributed by atoms with Gasteiger partial charge in [0.1, 0.15) is 0 Å². The van der Waals surface area contributed by atoms with Crippen LogP contribution in [-0.2, 0) is 6.42 Å². The third-order valence-corrected chi connectivity index (χ3v) is 4.93. The van der Waals surface area contributed by atoms with Gasteiger partial charge in [0.05, 0.1) is 0 Å². The Kier molecular flexibility index (Phi) is 5.12. The van der Waals surface area contributed by atoms with E-state index >= 15 is 0 Å². The van der Waals surface area contributed by atoms with E-state index in [0.29, 0.717) is 6.04 Å². The van der Waals surface area contributed by atoms with Gasteiger partial charge in [-0.1, -0.05) is 19.8 Å². The first-order valence-corrected chi connectivity index (χ1v) is 8.67. The van der Waals surface area contributed by atoms with Crippen LogP contribution in [0.4, 0.5) is 5.95 Å². The van der Waals surface area contributed by atoms with Crippen LogP contribution in [0.15, 0.2) is 4.52 Å². The lowest BCUT2D eigenvalue weighted by molar-refractivity contribution is 0.310. The Hall–Kier alpha value is -1.10. The molecule has 5 heteroatoms. The number of aromatic nitrogens is 2. The maximum atomic E-state index is 5.51. The summed E-state index contributed by atoms with van der Waals surface area (Å²) < 4.78 is 5.51. The smallest absolute Gasteiger partial charge is 0.266 e. The fourth-order valence-electron chi connectivity index (χ4n) is 3.77. The molecule has 0 aromatic carbocycles. The zero-order valence-electron chi connectivity index (χ0n) is 13.2. The van der Waals surface area contributed by atoms with Crippen molar-refractivity contribution in [1.82, 2.24) is 15.5 Å². The minimum atomic E-state index is 0.493. The Labute approximate surface area is 127 Å². The molecule has 0 bridgehead atoms. The minimum Gasteiger partial charge on any atom is -0.338 e. The van der Waals surface area contributed by atoms with Gasteiger partial charge in [0, 0.05) is 25.6 Å². The zero-order valence-corrected chi connectivity index (χ0v) is 13.2. The minimum absolute atomic E-state index is 0.493. The van der Waals surface area contributed by atoms with Crippen molar-refractivity contribution >= 4 is 5.95 Å². The summed E-state index contributed by atoms with van der Waals surface area (Å²) in [6.45, 7) is 5.32. The molecule has 1 atom stereocenters. The normalized spacial score (nSPS) is 21.9. The first kappa shape index (κ1) is 14.8. The molecule has 118 valence electrons. The van der Waals surface area contributed by atoms with Crippen LogP contribution in [0, 0.1) is 5.92 Å². The third kappa shape index (κ3) is 3.76. The van der Waals surface area contributed by atoms with E-state index < -0.39 is 0 Å². The molecule has 1 aliphatic carbocycles. The van der Waals surface area contributed by atoms with Crippen LogP contribution < -0.4 is 10.2 Å². The van der Waals surface area contributed by atoms with E-state index in [1.807, 2.05) is 0 Å². The molecular formula is C16H28N4O. The Morgan fingerprint density at radius 3 is 2.67 bits per heavy atom. The van der Waals surface area contributed by atoms with Crippen molar-refractivity contribution in [2.24, 2.45) is 5.92 Å². The molecule has 0 spiro atoms. The molecule has 21 heavy (non-hydrogen) atoms. The highest BCUT2D eigenvalue weighted by Gasteiger charge is 2.27. The average molecular weight is 292 g/mol. The second kappa shape index (κ2) is 7.25. The van der Waals surface area contributed by atoms with E-state index in [1.165, 1.54) is 44.9 Å². The van der Waals surface area contributed by atoms with E-state index in [1.54, 1.807) is 0 Å². The summed E-state index contributed by atoms with van der Waals surface area (Å²) in [6.07, 6.45) is 10.1. The summed E-state index contributed by atoms with van der Waals surface area (Å²) in [5.41, 5.74) is 0. The molecule has 2 heterocycles. The van der Waals surface area contributed by atoms with Crippen LogP contribution >= 0.6 is 0 Å². The van der Waals surface area contributed by atoms with Gasteiger partial charge in [0.25, 0.3) is 5.95 Å². The summed E-state index contributed by atoms with van der Waals surface area (Å²) in [4.78, 5) is 6.89. The van der Waals surface area contributed by atoms with Crippen molar-refractivity contribution in [2.45, 2.75) is 64.3 Å². The molecule has 2 aliphatic rings. The first-order chi connectivity index (χ1) is 10.4. The van der Waals surface area contributed by atoms with Crippen molar-refractivity contribution in [3.8, 4) is 0 Å². The van der Waals surface area contributed by atoms with Gasteiger partial charge >= 0.3 is 0 Å². The molecule has 1 unspecified atom stereocenters. The predicted molar refractivity (Wildman–Crippen MR) is 83.5 cm³/mol. The number of likely N-dealkylation sites (N-methyl/N-ethyl adjacent to an activating group) is 1. The molecule has 1 aromatic rings. The fourth-order valence-corrected chi connectivity index (χ4v) is 3.77. The summed E-state index contributed by atoms with van der Waals surface area (Å²) >= 11 is 0. The van der Waals surface area contributed by atoms with Gasteiger partial charge in [-0.05, 0) is 49.7 Å². The standard InChI is InChI=1S/C16H28N4O/c1-2-17-14(13-8-4-5-9-13)12-15-18-16(19-21-15)20-10-6-3-7-11-20/h13-14,17H,2-12H2,1H3. The zero-order chi connectivity index (χ0) is 14.5. The number of hydrogen-bond acceptors (Lipinski definition) is 5. The van der Waals surface area contributed by atoms with Crippen LogP contribution in [0.3, 0.4) is 0 Å². The summed E-state index contributed by atoms with van der Waals surface area (Å²) in [6, 6.07) is 0.493. The molecule has 1 aliphatic heterocycles. The molecule has 1 saturated heterocycles. The van der Waals surface area contributed by atoms with E-state index in [0.717, 1.165) is 43.8 Å². The van der Waals surface area contributed by atoms with E-state index in [-0.39, 0.29) is 0 Å². The van der Waals surface area contributed by atoms with Crippen molar-refractivity contribution in [1.29, 1.82) is 0 Å². The third-order valence-electron chi connectivity index (χ3n) is 4.93. The second-order valence-corrected chi connectivity index (χ2v) is 6.45. The fraction of sp³-hybridized carbons (Fsp3) is 0.875. The number of nitrogens with zero attached hydrogens (tertiary/aromatic N) is 3. The van der Waals surface area contributed by atoms with Crippen LogP contribution in [0.1, 0.15) is 57.8 Å². The topological polar surface area (TPSA) is 54.2 Å². The number of piperidine rings is 1. The Morgan fingerprint density at radius 1 is 1.19 bits per heavy atom. The number of rotatable bonds is 6. The average Bonchev–Trinajstić information content (AvgIpc) is 3.19. The van der Waals surface area contributed by atoms with Crippen molar-refractivity contribution in [2.75, 3.05) is 24.5 Å². The van der Waals surface area contributed by atoms with Crippen LogP contribution in [0.2, 0.25) is 0 Å². The van der Waals surface area contributed by atoms with Gasteiger partial charge in [0.15, 0.2) is 0 Å². The van der Waals surface area contributed by atoms with E-state index in [4.69, 9.17) is 4.52 Å². The second-order valence-electron chi connectivity index (χ2n) is 6.45. The summed E-state index contributed by atoms with van der Waals surface area (Å²) in [5, 5.41) is 7.81. The molecule has 0 radical (unpaired) electrons. The van der Waals surface area contributed by atoms with Gasteiger partial charge in [-0.2, -0.15) is 4.98 Å². The van der Waals surface area contributed by atoms with Gasteiger partial charge in [-0.3, -0.25) is 0 Å². The maximum absolute atomic E-state index is 5.51. The Bertz CT molecular complexity index is 422. The lowest BCUT2D eigenvalue weighted by atomic mass is 9.95. The van der Waals surface area contributed by atoms with Crippen LogP contribution in [0.5, 0.6) is 0 Å². The van der Waals surface area contributed by atoms with Crippen molar-refractivity contribution in [3.05, 3.63) is 5.89 Å². The van der Waals surface area contributed by atoms with Gasteiger partial charge in [-0.25, -0.2) is 0 Å². The molecule has 5 nitrogen and oxygen atoms in total. The highest BCUT2D eigenvalue weighted by molar-refractivity contribution is 5.28. The van der Waals surface area contributed by atoms with Gasteiger partial charge in [0.2, 0.25) is 5.89 Å². The molecule has 1 saturated carbocycles. The van der Waals surface area contributed by atoms with Crippen molar-refractivity contribution in [3.63, 3.8) is 0 Å². The molecule has 0 amide bonds. The Balaban J connectivity index is 1.61. The maximum Gasteiger partial charge on any atom is 0.266 e. The van der Waals surface area contributed by atoms with Crippen molar-refractivity contribution < 1.29 is 4.52 Å². The van der Waals surface area contributed by atoms with Crippen LogP contribution in [0.25, 0.3) is 0 Å². The van der Waals surface area contributed by atoms with Gasteiger partial charge in [-0.15, -0.1) is 0 Å². The predicted octanol–water partition coefficient (Wildman–Crippen LogP) is 2.77. The number of hydrogen-bond donors (Lipinski definition) is 1. The van der Waals surface area contributed by atoms with E-state index in [9.17, 15) is 0 Å². The first-order valence-electron chi connectivity index (χ1n) is 8.67.